The first-order chi connectivity index (χ1) is 28.3. The van der Waals surface area contributed by atoms with Crippen molar-refractivity contribution in [2.24, 2.45) is 0 Å². The van der Waals surface area contributed by atoms with Crippen LogP contribution in [-0.2, 0) is 14.3 Å². The maximum absolute atomic E-state index is 13.0. The van der Waals surface area contributed by atoms with E-state index in [0.717, 1.165) is 44.9 Å². The second-order valence-electron chi connectivity index (χ2n) is 17.0. The number of ether oxygens (including phenoxy) is 2. The SMILES string of the molecule is CCCCCCCC/C=C\CCCCCCCCC(O)C(=O)NC(COC1OC(CO)C(O)C(O)C1O)C(O)/C=C/CCCCCCCCCCCCCCCCC. The molecule has 1 amide bonds. The lowest BCUT2D eigenvalue weighted by Gasteiger charge is -2.40. The summed E-state index contributed by atoms with van der Waals surface area (Å²) in [5.41, 5.74) is 0. The third kappa shape index (κ3) is 28.2. The molecule has 0 aromatic heterocycles. The highest BCUT2D eigenvalue weighted by Crippen LogP contribution is 2.23. The number of aliphatic hydroxyl groups excluding tert-OH is 6. The van der Waals surface area contributed by atoms with Crippen LogP contribution in [0.1, 0.15) is 213 Å². The maximum atomic E-state index is 13.0. The van der Waals surface area contributed by atoms with Gasteiger partial charge in [0.15, 0.2) is 6.29 Å². The molecule has 1 aliphatic rings. The number of aliphatic hydroxyl groups is 6. The van der Waals surface area contributed by atoms with Gasteiger partial charge in [-0.25, -0.2) is 0 Å². The second-order valence-corrected chi connectivity index (χ2v) is 17.0. The van der Waals surface area contributed by atoms with Crippen molar-refractivity contribution >= 4 is 5.91 Å². The summed E-state index contributed by atoms with van der Waals surface area (Å²) in [6, 6.07) is -0.980. The lowest BCUT2D eigenvalue weighted by Crippen LogP contribution is -2.60. The lowest BCUT2D eigenvalue weighted by atomic mass is 9.99. The molecule has 0 aliphatic carbocycles. The number of nitrogens with one attached hydrogen (secondary N) is 1. The smallest absolute Gasteiger partial charge is 0.249 e. The number of amides is 1. The first-order valence-corrected chi connectivity index (χ1v) is 24.2. The van der Waals surface area contributed by atoms with Gasteiger partial charge in [0.25, 0.3) is 0 Å². The third-order valence-electron chi connectivity index (χ3n) is 11.6. The quantitative estimate of drug-likeness (QED) is 0.0235. The van der Waals surface area contributed by atoms with E-state index in [1.165, 1.54) is 141 Å². The summed E-state index contributed by atoms with van der Waals surface area (Å²) in [5.74, 6) is -0.620. The fourth-order valence-electron chi connectivity index (χ4n) is 7.63. The highest BCUT2D eigenvalue weighted by atomic mass is 16.7. The van der Waals surface area contributed by atoms with E-state index >= 15 is 0 Å². The molecular formula is C48H91NO9. The predicted octanol–water partition coefficient (Wildman–Crippen LogP) is 9.25. The largest absolute Gasteiger partial charge is 0.394 e. The van der Waals surface area contributed by atoms with Gasteiger partial charge in [-0.05, 0) is 44.9 Å². The molecule has 1 fully saturated rings. The van der Waals surface area contributed by atoms with Crippen molar-refractivity contribution in [1.82, 2.24) is 5.32 Å². The molecule has 1 heterocycles. The molecule has 8 unspecified atom stereocenters. The number of hydrogen-bond acceptors (Lipinski definition) is 9. The van der Waals surface area contributed by atoms with E-state index in [1.807, 2.05) is 6.08 Å². The van der Waals surface area contributed by atoms with Crippen LogP contribution < -0.4 is 5.32 Å². The van der Waals surface area contributed by atoms with Gasteiger partial charge in [-0.1, -0.05) is 192 Å². The van der Waals surface area contributed by atoms with Crippen LogP contribution in [0.5, 0.6) is 0 Å². The van der Waals surface area contributed by atoms with Crippen molar-refractivity contribution in [1.29, 1.82) is 0 Å². The van der Waals surface area contributed by atoms with E-state index in [4.69, 9.17) is 9.47 Å². The van der Waals surface area contributed by atoms with Gasteiger partial charge in [-0.3, -0.25) is 4.79 Å². The molecular weight excluding hydrogens is 735 g/mol. The Bertz CT molecular complexity index is 979. The molecule has 1 aliphatic heterocycles. The van der Waals surface area contributed by atoms with Gasteiger partial charge in [0, 0.05) is 0 Å². The number of unbranched alkanes of at least 4 members (excludes halogenated alkanes) is 27. The molecule has 8 atom stereocenters. The molecule has 1 rings (SSSR count). The molecule has 10 nitrogen and oxygen atoms in total. The molecule has 7 N–H and O–H groups in total. The third-order valence-corrected chi connectivity index (χ3v) is 11.6. The van der Waals surface area contributed by atoms with Crippen LogP contribution in [0.15, 0.2) is 24.3 Å². The van der Waals surface area contributed by atoms with Crippen LogP contribution in [0.4, 0.5) is 0 Å². The normalized spacial score (nSPS) is 21.6. The summed E-state index contributed by atoms with van der Waals surface area (Å²) < 4.78 is 11.1. The Morgan fingerprint density at radius 3 is 1.45 bits per heavy atom. The van der Waals surface area contributed by atoms with E-state index in [1.54, 1.807) is 6.08 Å². The fourth-order valence-corrected chi connectivity index (χ4v) is 7.63. The highest BCUT2D eigenvalue weighted by molar-refractivity contribution is 5.80. The molecule has 0 aromatic carbocycles. The van der Waals surface area contributed by atoms with Crippen molar-refractivity contribution in [2.45, 2.75) is 262 Å². The zero-order valence-electron chi connectivity index (χ0n) is 37.2. The van der Waals surface area contributed by atoms with Crippen LogP contribution in [0.3, 0.4) is 0 Å². The summed E-state index contributed by atoms with van der Waals surface area (Å²) in [6.45, 7) is 3.61. The monoisotopic (exact) mass is 826 g/mol. The molecule has 0 saturated carbocycles. The van der Waals surface area contributed by atoms with Crippen LogP contribution >= 0.6 is 0 Å². The summed E-state index contributed by atoms with van der Waals surface area (Å²) in [7, 11) is 0. The van der Waals surface area contributed by atoms with Crippen molar-refractivity contribution in [2.75, 3.05) is 13.2 Å². The van der Waals surface area contributed by atoms with Gasteiger partial charge in [0.05, 0.1) is 25.4 Å². The van der Waals surface area contributed by atoms with Crippen LogP contribution in [0, 0.1) is 0 Å². The Kier molecular flexibility index (Phi) is 36.3. The van der Waals surface area contributed by atoms with Crippen molar-refractivity contribution in [3.05, 3.63) is 24.3 Å². The minimum atomic E-state index is -1.61. The fraction of sp³-hybridized carbons (Fsp3) is 0.896. The topological polar surface area (TPSA) is 169 Å². The van der Waals surface area contributed by atoms with Gasteiger partial charge < -0.3 is 45.4 Å². The van der Waals surface area contributed by atoms with Crippen LogP contribution in [-0.4, -0.2) is 98.7 Å². The Morgan fingerprint density at radius 1 is 0.586 bits per heavy atom. The molecule has 342 valence electrons. The Balaban J connectivity index is 2.40. The lowest BCUT2D eigenvalue weighted by molar-refractivity contribution is -0.302. The van der Waals surface area contributed by atoms with Crippen molar-refractivity contribution in [3.8, 4) is 0 Å². The molecule has 0 aromatic rings. The number of rotatable bonds is 40. The van der Waals surface area contributed by atoms with Crippen LogP contribution in [0.2, 0.25) is 0 Å². The summed E-state index contributed by atoms with van der Waals surface area (Å²) in [5, 5.41) is 64.7. The van der Waals surface area contributed by atoms with E-state index in [2.05, 4.69) is 31.3 Å². The van der Waals surface area contributed by atoms with Gasteiger partial charge in [0.1, 0.15) is 30.5 Å². The summed E-state index contributed by atoms with van der Waals surface area (Å²) in [6.07, 6.45) is 35.4. The number of hydrogen-bond donors (Lipinski definition) is 7. The van der Waals surface area contributed by atoms with Gasteiger partial charge >= 0.3 is 0 Å². The van der Waals surface area contributed by atoms with E-state index in [-0.39, 0.29) is 6.61 Å². The molecule has 0 spiro atoms. The molecule has 58 heavy (non-hydrogen) atoms. The minimum Gasteiger partial charge on any atom is -0.394 e. The Morgan fingerprint density at radius 2 is 1.00 bits per heavy atom. The molecule has 0 bridgehead atoms. The predicted molar refractivity (Wildman–Crippen MR) is 236 cm³/mol. The second kappa shape index (κ2) is 38.5. The zero-order chi connectivity index (χ0) is 42.5. The average Bonchev–Trinajstić information content (AvgIpc) is 3.22. The van der Waals surface area contributed by atoms with E-state index < -0.39 is 61.5 Å². The average molecular weight is 826 g/mol. The van der Waals surface area contributed by atoms with E-state index in [9.17, 15) is 35.4 Å². The maximum Gasteiger partial charge on any atom is 0.249 e. The molecule has 10 heteroatoms. The number of allylic oxidation sites excluding steroid dienone is 3. The van der Waals surface area contributed by atoms with Crippen LogP contribution in [0.25, 0.3) is 0 Å². The Hall–Kier alpha value is -1.37. The summed E-state index contributed by atoms with van der Waals surface area (Å²) >= 11 is 0. The zero-order valence-corrected chi connectivity index (χ0v) is 37.2. The number of carbonyl (C=O) groups is 1. The highest BCUT2D eigenvalue weighted by Gasteiger charge is 2.44. The molecule has 1 saturated heterocycles. The van der Waals surface area contributed by atoms with Gasteiger partial charge in [0.2, 0.25) is 5.91 Å². The van der Waals surface area contributed by atoms with Crippen molar-refractivity contribution < 1.29 is 44.9 Å². The Labute approximate surface area is 354 Å². The summed E-state index contributed by atoms with van der Waals surface area (Å²) in [4.78, 5) is 13.0. The minimum absolute atomic E-state index is 0.304. The van der Waals surface area contributed by atoms with Crippen molar-refractivity contribution in [3.63, 3.8) is 0 Å². The standard InChI is InChI=1S/C48H91NO9/c1-3-5-7-9-11-13-15-17-19-21-23-24-26-28-30-32-34-36-41(51)40(39-57-48-46(55)45(54)44(53)43(38-50)58-48)49-47(56)42(52)37-35-33-31-29-27-25-22-20-18-16-14-12-10-8-6-4-2/h18,20,34,36,40-46,48,50-55H,3-17,19,21-33,35,37-39H2,1-2H3,(H,49,56)/b20-18-,36-34+. The molecule has 0 radical (unpaired) electrons. The first-order valence-electron chi connectivity index (χ1n) is 24.2. The number of carbonyl (C=O) groups excluding carboxylic acids is 1. The van der Waals surface area contributed by atoms with E-state index in [0.29, 0.717) is 12.8 Å². The van der Waals surface area contributed by atoms with Gasteiger partial charge in [-0.2, -0.15) is 0 Å². The first kappa shape index (κ1) is 54.6. The van der Waals surface area contributed by atoms with Gasteiger partial charge in [-0.15, -0.1) is 0 Å².